The summed E-state index contributed by atoms with van der Waals surface area (Å²) in [6.45, 7) is 8.34. The second-order valence-electron chi connectivity index (χ2n) is 7.37. The van der Waals surface area contributed by atoms with Gasteiger partial charge in [-0.2, -0.15) is 5.10 Å². The molecule has 0 atom stereocenters. The number of benzene rings is 2. The molecule has 1 N–H and O–H groups in total. The van der Waals surface area contributed by atoms with Crippen molar-refractivity contribution in [1.29, 1.82) is 0 Å². The highest BCUT2D eigenvalue weighted by atomic mass is 79.9. The van der Waals surface area contributed by atoms with Gasteiger partial charge in [-0.25, -0.2) is 5.43 Å². The summed E-state index contributed by atoms with van der Waals surface area (Å²) in [5.41, 5.74) is 9.34. The second kappa shape index (κ2) is 10.5. The van der Waals surface area contributed by atoms with E-state index in [9.17, 15) is 4.79 Å². The van der Waals surface area contributed by atoms with Crippen molar-refractivity contribution in [2.45, 2.75) is 39.0 Å². The molecule has 0 aliphatic heterocycles. The first kappa shape index (κ1) is 23.6. The van der Waals surface area contributed by atoms with E-state index in [0.717, 1.165) is 32.0 Å². The van der Waals surface area contributed by atoms with Gasteiger partial charge in [-0.1, -0.05) is 29.3 Å². The quantitative estimate of drug-likeness (QED) is 0.213. The lowest BCUT2D eigenvalue weighted by molar-refractivity contribution is -0.120. The van der Waals surface area contributed by atoms with Crippen molar-refractivity contribution in [1.82, 2.24) is 9.99 Å². The average molecular weight is 519 g/mol. The van der Waals surface area contributed by atoms with Crippen molar-refractivity contribution < 1.29 is 4.79 Å². The van der Waals surface area contributed by atoms with Gasteiger partial charge in [-0.15, -0.1) is 11.8 Å². The van der Waals surface area contributed by atoms with Crippen LogP contribution in [-0.2, 0) is 4.79 Å². The lowest BCUT2D eigenvalue weighted by Crippen LogP contribution is -2.17. The first-order chi connectivity index (χ1) is 14.8. The van der Waals surface area contributed by atoms with Crippen molar-refractivity contribution in [2.75, 3.05) is 5.75 Å². The Morgan fingerprint density at radius 1 is 1.13 bits per heavy atom. The molecule has 3 rings (SSSR count). The van der Waals surface area contributed by atoms with Crippen LogP contribution in [0.15, 0.2) is 56.9 Å². The number of nitrogens with zero attached hydrogens (tertiary/aromatic N) is 2. The lowest BCUT2D eigenvalue weighted by atomic mass is 10.1. The van der Waals surface area contributed by atoms with Gasteiger partial charge in [0, 0.05) is 49.2 Å². The fourth-order valence-corrected chi connectivity index (χ4v) is 4.95. The highest BCUT2D eigenvalue weighted by molar-refractivity contribution is 9.10. The molecule has 1 amide bonds. The van der Waals surface area contributed by atoms with E-state index in [0.29, 0.717) is 17.2 Å². The summed E-state index contributed by atoms with van der Waals surface area (Å²) in [6, 6.07) is 14.0. The lowest BCUT2D eigenvalue weighted by Gasteiger charge is -2.13. The summed E-state index contributed by atoms with van der Waals surface area (Å²) in [7, 11) is 0. The fraction of sp³-hybridized carbons (Fsp3) is 0.250. The van der Waals surface area contributed by atoms with Crippen molar-refractivity contribution in [2.24, 2.45) is 5.10 Å². The maximum atomic E-state index is 12.1. The Hall–Kier alpha value is -2.02. The Balaban J connectivity index is 1.64. The molecule has 0 saturated carbocycles. The van der Waals surface area contributed by atoms with E-state index in [-0.39, 0.29) is 5.91 Å². The molecular weight excluding hydrogens is 494 g/mol. The van der Waals surface area contributed by atoms with Gasteiger partial charge in [0.15, 0.2) is 0 Å². The number of aromatic nitrogens is 1. The smallest absolute Gasteiger partial charge is 0.240 e. The van der Waals surface area contributed by atoms with Crippen molar-refractivity contribution in [3.8, 4) is 5.69 Å². The van der Waals surface area contributed by atoms with Crippen LogP contribution in [-0.4, -0.2) is 22.4 Å². The molecule has 7 heteroatoms. The predicted octanol–water partition coefficient (Wildman–Crippen LogP) is 6.76. The molecule has 1 heterocycles. The maximum Gasteiger partial charge on any atom is 0.240 e. The second-order valence-corrected chi connectivity index (χ2v) is 9.77. The van der Waals surface area contributed by atoms with Gasteiger partial charge in [0.1, 0.15) is 0 Å². The Morgan fingerprint density at radius 3 is 2.52 bits per heavy atom. The van der Waals surface area contributed by atoms with E-state index in [1.165, 1.54) is 11.1 Å². The number of aryl methyl sites for hydroxylation is 2. The highest BCUT2D eigenvalue weighted by Gasteiger charge is 2.17. The maximum absolute atomic E-state index is 12.1. The fourth-order valence-electron chi connectivity index (χ4n) is 3.41. The van der Waals surface area contributed by atoms with Gasteiger partial charge in [-0.05, 0) is 79.5 Å². The Labute approximate surface area is 201 Å². The van der Waals surface area contributed by atoms with E-state index in [4.69, 9.17) is 11.6 Å². The number of amides is 1. The normalized spacial score (nSPS) is 11.3. The van der Waals surface area contributed by atoms with Crippen LogP contribution in [0, 0.1) is 27.7 Å². The van der Waals surface area contributed by atoms with E-state index >= 15 is 0 Å². The summed E-state index contributed by atoms with van der Waals surface area (Å²) < 4.78 is 3.19. The first-order valence-corrected chi connectivity index (χ1v) is 12.1. The van der Waals surface area contributed by atoms with Crippen LogP contribution >= 0.6 is 39.3 Å². The zero-order valence-electron chi connectivity index (χ0n) is 18.0. The molecule has 1 aromatic heterocycles. The van der Waals surface area contributed by atoms with Gasteiger partial charge >= 0.3 is 0 Å². The van der Waals surface area contributed by atoms with E-state index in [1.54, 1.807) is 18.0 Å². The molecule has 4 nitrogen and oxygen atoms in total. The minimum atomic E-state index is -0.114. The summed E-state index contributed by atoms with van der Waals surface area (Å²) >= 11 is 11.2. The molecule has 3 aromatic rings. The van der Waals surface area contributed by atoms with Crippen molar-refractivity contribution >= 4 is 51.4 Å². The third-order valence-electron chi connectivity index (χ3n) is 5.00. The Bertz CT molecular complexity index is 1120. The number of hydrogen-bond donors (Lipinski definition) is 1. The number of hydrogen-bond acceptors (Lipinski definition) is 3. The van der Waals surface area contributed by atoms with E-state index < -0.39 is 0 Å². The number of hydrazone groups is 1. The SMILES string of the molecule is Cc1ccc(-n2c(C)c(Br)c(/C=N\NC(=O)CCSc3ccc(Cl)cc3)c2C)c(C)c1. The van der Waals surface area contributed by atoms with Crippen LogP contribution in [0.25, 0.3) is 5.69 Å². The number of halogens is 2. The molecule has 0 unspecified atom stereocenters. The third-order valence-corrected chi connectivity index (χ3v) is 7.27. The monoisotopic (exact) mass is 517 g/mol. The molecule has 0 spiro atoms. The minimum Gasteiger partial charge on any atom is -0.316 e. The number of carbonyl (C=O) groups is 1. The van der Waals surface area contributed by atoms with E-state index in [2.05, 4.69) is 76.9 Å². The molecule has 0 fully saturated rings. The topological polar surface area (TPSA) is 46.4 Å². The first-order valence-electron chi connectivity index (χ1n) is 9.93. The Morgan fingerprint density at radius 2 is 1.84 bits per heavy atom. The molecule has 0 radical (unpaired) electrons. The van der Waals surface area contributed by atoms with Gasteiger partial charge in [0.05, 0.1) is 6.21 Å². The molecule has 162 valence electrons. The van der Waals surface area contributed by atoms with Crippen LogP contribution in [0.2, 0.25) is 5.02 Å². The van der Waals surface area contributed by atoms with Crippen molar-refractivity contribution in [3.63, 3.8) is 0 Å². The van der Waals surface area contributed by atoms with Crippen LogP contribution in [0.4, 0.5) is 0 Å². The number of rotatable bonds is 7. The van der Waals surface area contributed by atoms with Gasteiger partial charge in [0.25, 0.3) is 0 Å². The number of carbonyl (C=O) groups excluding carboxylic acids is 1. The standard InChI is InChI=1S/C24H25BrClN3OS/c1-15-5-10-22(16(2)13-15)29-17(3)21(24(25)18(29)4)14-27-28-23(30)11-12-31-20-8-6-19(26)7-9-20/h5-10,13-14H,11-12H2,1-4H3,(H,28,30)/b27-14-. The number of thioether (sulfide) groups is 1. The van der Waals surface area contributed by atoms with Gasteiger partial charge < -0.3 is 4.57 Å². The van der Waals surface area contributed by atoms with Crippen LogP contribution < -0.4 is 5.43 Å². The molecule has 31 heavy (non-hydrogen) atoms. The minimum absolute atomic E-state index is 0.114. The zero-order valence-corrected chi connectivity index (χ0v) is 21.2. The molecule has 0 bridgehead atoms. The van der Waals surface area contributed by atoms with Crippen LogP contribution in [0.3, 0.4) is 0 Å². The third kappa shape index (κ3) is 5.82. The van der Waals surface area contributed by atoms with Gasteiger partial charge in [-0.3, -0.25) is 4.79 Å². The molecule has 2 aromatic carbocycles. The summed E-state index contributed by atoms with van der Waals surface area (Å²) in [6.07, 6.45) is 2.09. The molecule has 0 aliphatic rings. The van der Waals surface area contributed by atoms with Crippen molar-refractivity contribution in [3.05, 3.63) is 80.0 Å². The molecule has 0 aliphatic carbocycles. The summed E-state index contributed by atoms with van der Waals surface area (Å²) in [5, 5.41) is 4.90. The average Bonchev–Trinajstić information content (AvgIpc) is 2.93. The van der Waals surface area contributed by atoms with E-state index in [1.807, 2.05) is 24.3 Å². The molecular formula is C24H25BrClN3OS. The zero-order chi connectivity index (χ0) is 22.5. The van der Waals surface area contributed by atoms with Crippen LogP contribution in [0.1, 0.15) is 34.5 Å². The molecule has 0 saturated heterocycles. The van der Waals surface area contributed by atoms with Crippen LogP contribution in [0.5, 0.6) is 0 Å². The number of nitrogens with one attached hydrogen (secondary N) is 1. The highest BCUT2D eigenvalue weighted by Crippen LogP contribution is 2.31. The largest absolute Gasteiger partial charge is 0.316 e. The predicted molar refractivity (Wildman–Crippen MR) is 135 cm³/mol. The summed E-state index contributed by atoms with van der Waals surface area (Å²) in [5.74, 6) is 0.561. The van der Waals surface area contributed by atoms with Gasteiger partial charge in [0.2, 0.25) is 5.91 Å². The Kier molecular flexibility index (Phi) is 8.03. The summed E-state index contributed by atoms with van der Waals surface area (Å²) in [4.78, 5) is 13.2.